The molecule has 1 heterocycles. The second-order valence-corrected chi connectivity index (χ2v) is 8.74. The molecule has 2 aromatic rings. The number of benzene rings is 2. The van der Waals surface area contributed by atoms with Crippen LogP contribution in [0.25, 0.3) is 0 Å². The molecule has 0 unspecified atom stereocenters. The molecule has 1 amide bonds. The fraction of sp³-hybridized carbons (Fsp3) is 0.350. The summed E-state index contributed by atoms with van der Waals surface area (Å²) in [6, 6.07) is 10.7. The van der Waals surface area contributed by atoms with E-state index in [1.54, 1.807) is 4.90 Å². The lowest BCUT2D eigenvalue weighted by atomic mass is 10.1. The van der Waals surface area contributed by atoms with Crippen molar-refractivity contribution in [2.45, 2.75) is 18.7 Å². The van der Waals surface area contributed by atoms with Gasteiger partial charge in [0.15, 0.2) is 6.61 Å². The van der Waals surface area contributed by atoms with Gasteiger partial charge in [-0.3, -0.25) is 4.79 Å². The summed E-state index contributed by atoms with van der Waals surface area (Å²) in [5, 5.41) is 0. The van der Waals surface area contributed by atoms with E-state index in [-0.39, 0.29) is 43.6 Å². The van der Waals surface area contributed by atoms with Crippen LogP contribution in [0.2, 0.25) is 0 Å². The SMILES string of the molecule is Cc1ccc(C)c(OCC(=O)N2CCN(S(=O)(=O)c3cccc(F)c3)CC2)c1. The maximum Gasteiger partial charge on any atom is 0.260 e. The van der Waals surface area contributed by atoms with Crippen molar-refractivity contribution >= 4 is 15.9 Å². The van der Waals surface area contributed by atoms with Gasteiger partial charge in [0.1, 0.15) is 11.6 Å². The van der Waals surface area contributed by atoms with E-state index in [1.165, 1.54) is 22.5 Å². The normalized spacial score (nSPS) is 15.5. The Balaban J connectivity index is 1.57. The van der Waals surface area contributed by atoms with E-state index in [2.05, 4.69) is 0 Å². The van der Waals surface area contributed by atoms with Crippen LogP contribution in [0.3, 0.4) is 0 Å². The van der Waals surface area contributed by atoms with Crippen LogP contribution in [-0.4, -0.2) is 56.3 Å². The molecule has 3 rings (SSSR count). The van der Waals surface area contributed by atoms with Crippen LogP contribution in [0.1, 0.15) is 11.1 Å². The van der Waals surface area contributed by atoms with E-state index in [0.29, 0.717) is 5.75 Å². The molecule has 0 aromatic heterocycles. The van der Waals surface area contributed by atoms with Crippen molar-refractivity contribution in [2.24, 2.45) is 0 Å². The lowest BCUT2D eigenvalue weighted by molar-refractivity contribution is -0.134. The number of nitrogens with zero attached hydrogens (tertiary/aromatic N) is 2. The van der Waals surface area contributed by atoms with Gasteiger partial charge >= 0.3 is 0 Å². The van der Waals surface area contributed by atoms with E-state index in [4.69, 9.17) is 4.74 Å². The standard InChI is InChI=1S/C20H23FN2O4S/c1-15-6-7-16(2)19(12-15)27-14-20(24)22-8-10-23(11-9-22)28(25,26)18-5-3-4-17(21)13-18/h3-7,12-13H,8-11,14H2,1-2H3. The summed E-state index contributed by atoms with van der Waals surface area (Å²) in [5.74, 6) is -0.122. The van der Waals surface area contributed by atoms with Crippen LogP contribution >= 0.6 is 0 Å². The summed E-state index contributed by atoms with van der Waals surface area (Å²) in [7, 11) is -3.78. The third-order valence-corrected chi connectivity index (χ3v) is 6.61. The Hall–Kier alpha value is -2.45. The number of carbonyl (C=O) groups is 1. The maximum atomic E-state index is 13.4. The molecule has 0 radical (unpaired) electrons. The number of rotatable bonds is 5. The minimum atomic E-state index is -3.78. The smallest absolute Gasteiger partial charge is 0.260 e. The molecule has 0 aliphatic carbocycles. The van der Waals surface area contributed by atoms with Gasteiger partial charge in [0.05, 0.1) is 4.90 Å². The van der Waals surface area contributed by atoms with E-state index in [9.17, 15) is 17.6 Å². The van der Waals surface area contributed by atoms with E-state index in [0.717, 1.165) is 17.2 Å². The Morgan fingerprint density at radius 2 is 1.79 bits per heavy atom. The number of sulfonamides is 1. The third kappa shape index (κ3) is 4.51. The zero-order valence-electron chi connectivity index (χ0n) is 15.9. The third-order valence-electron chi connectivity index (χ3n) is 4.72. The highest BCUT2D eigenvalue weighted by Gasteiger charge is 2.30. The van der Waals surface area contributed by atoms with Crippen LogP contribution in [0.5, 0.6) is 5.75 Å². The summed E-state index contributed by atoms with van der Waals surface area (Å²) in [5.41, 5.74) is 1.99. The van der Waals surface area contributed by atoms with Crippen molar-refractivity contribution in [1.29, 1.82) is 0 Å². The number of hydrogen-bond acceptors (Lipinski definition) is 4. The second kappa shape index (κ2) is 8.28. The van der Waals surface area contributed by atoms with Gasteiger partial charge < -0.3 is 9.64 Å². The largest absolute Gasteiger partial charge is 0.483 e. The number of piperazine rings is 1. The van der Waals surface area contributed by atoms with Gasteiger partial charge in [-0.2, -0.15) is 4.31 Å². The molecular weight excluding hydrogens is 383 g/mol. The maximum absolute atomic E-state index is 13.4. The van der Waals surface area contributed by atoms with Crippen LogP contribution in [0.4, 0.5) is 4.39 Å². The number of halogens is 1. The molecule has 0 spiro atoms. The number of ether oxygens (including phenoxy) is 1. The minimum Gasteiger partial charge on any atom is -0.483 e. The van der Waals surface area contributed by atoms with Crippen molar-refractivity contribution in [3.8, 4) is 5.75 Å². The Bertz CT molecular complexity index is 970. The lowest BCUT2D eigenvalue weighted by Crippen LogP contribution is -2.51. The van der Waals surface area contributed by atoms with Crippen molar-refractivity contribution in [1.82, 2.24) is 9.21 Å². The number of amides is 1. The molecule has 1 fully saturated rings. The summed E-state index contributed by atoms with van der Waals surface area (Å²) in [6.07, 6.45) is 0. The first-order chi connectivity index (χ1) is 13.3. The van der Waals surface area contributed by atoms with Gasteiger partial charge in [-0.15, -0.1) is 0 Å². The summed E-state index contributed by atoms with van der Waals surface area (Å²) in [4.78, 5) is 13.9. The minimum absolute atomic E-state index is 0.0782. The number of carbonyl (C=O) groups excluding carboxylic acids is 1. The molecule has 28 heavy (non-hydrogen) atoms. The topological polar surface area (TPSA) is 66.9 Å². The van der Waals surface area contributed by atoms with Crippen molar-refractivity contribution < 1.29 is 22.3 Å². The number of hydrogen-bond donors (Lipinski definition) is 0. The van der Waals surface area contributed by atoms with Gasteiger partial charge in [-0.1, -0.05) is 18.2 Å². The molecule has 1 saturated heterocycles. The van der Waals surface area contributed by atoms with Crippen LogP contribution < -0.4 is 4.74 Å². The molecular formula is C20H23FN2O4S. The molecule has 1 aliphatic heterocycles. The van der Waals surface area contributed by atoms with Gasteiger partial charge in [0.2, 0.25) is 10.0 Å². The fourth-order valence-corrected chi connectivity index (χ4v) is 4.50. The summed E-state index contributed by atoms with van der Waals surface area (Å²) < 4.78 is 45.5. The highest BCUT2D eigenvalue weighted by molar-refractivity contribution is 7.89. The molecule has 6 nitrogen and oxygen atoms in total. The Kier molecular flexibility index (Phi) is 6.00. The summed E-state index contributed by atoms with van der Waals surface area (Å²) in [6.45, 7) is 4.62. The van der Waals surface area contributed by atoms with E-state index < -0.39 is 15.8 Å². The van der Waals surface area contributed by atoms with Crippen molar-refractivity contribution in [3.63, 3.8) is 0 Å². The van der Waals surface area contributed by atoms with Gasteiger partial charge in [-0.25, -0.2) is 12.8 Å². The predicted molar refractivity (Wildman–Crippen MR) is 103 cm³/mol. The van der Waals surface area contributed by atoms with Crippen LogP contribution in [0.15, 0.2) is 47.4 Å². The number of aryl methyl sites for hydroxylation is 2. The molecule has 1 aliphatic rings. The van der Waals surface area contributed by atoms with Gasteiger partial charge in [-0.05, 0) is 49.2 Å². The van der Waals surface area contributed by atoms with Gasteiger partial charge in [0.25, 0.3) is 5.91 Å². The monoisotopic (exact) mass is 406 g/mol. The zero-order valence-corrected chi connectivity index (χ0v) is 16.7. The van der Waals surface area contributed by atoms with E-state index >= 15 is 0 Å². The highest BCUT2D eigenvalue weighted by atomic mass is 32.2. The molecule has 0 saturated carbocycles. The quantitative estimate of drug-likeness (QED) is 0.765. The first-order valence-electron chi connectivity index (χ1n) is 9.01. The van der Waals surface area contributed by atoms with Crippen LogP contribution in [0, 0.1) is 19.7 Å². The van der Waals surface area contributed by atoms with E-state index in [1.807, 2.05) is 32.0 Å². The Morgan fingerprint density at radius 1 is 1.07 bits per heavy atom. The van der Waals surface area contributed by atoms with Gasteiger partial charge in [0, 0.05) is 26.2 Å². The second-order valence-electron chi connectivity index (χ2n) is 6.80. The fourth-order valence-electron chi connectivity index (χ4n) is 3.05. The Labute approximate surface area is 164 Å². The van der Waals surface area contributed by atoms with Crippen LogP contribution in [-0.2, 0) is 14.8 Å². The molecule has 8 heteroatoms. The molecule has 0 bridgehead atoms. The average molecular weight is 406 g/mol. The molecule has 2 aromatic carbocycles. The summed E-state index contributed by atoms with van der Waals surface area (Å²) >= 11 is 0. The van der Waals surface area contributed by atoms with Crippen molar-refractivity contribution in [2.75, 3.05) is 32.8 Å². The predicted octanol–water partition coefficient (Wildman–Crippen LogP) is 2.35. The molecule has 150 valence electrons. The first-order valence-corrected chi connectivity index (χ1v) is 10.4. The zero-order chi connectivity index (χ0) is 20.3. The van der Waals surface area contributed by atoms with Crippen molar-refractivity contribution in [3.05, 3.63) is 59.4 Å². The lowest BCUT2D eigenvalue weighted by Gasteiger charge is -2.34. The first kappa shape index (κ1) is 20.3. The molecule has 0 atom stereocenters. The Morgan fingerprint density at radius 3 is 2.46 bits per heavy atom. The molecule has 0 N–H and O–H groups in total. The average Bonchev–Trinajstić information content (AvgIpc) is 2.68. The highest BCUT2D eigenvalue weighted by Crippen LogP contribution is 2.20.